The number of unbranched alkanes of at least 4 members (excludes halogenated alkanes) is 20. The number of hydrogen-bond donors (Lipinski definition) is 2. The van der Waals surface area contributed by atoms with E-state index in [-0.39, 0.29) is 38.0 Å². The van der Waals surface area contributed by atoms with Crippen LogP contribution in [-0.4, -0.2) is 73.7 Å². The van der Waals surface area contributed by atoms with Crippen LogP contribution >= 0.6 is 0 Å². The normalized spacial score (nSPS) is 11.4. The van der Waals surface area contributed by atoms with E-state index in [4.69, 9.17) is 18.9 Å². The number of carbonyl (C=O) groups excluding carboxylic acids is 4. The van der Waals surface area contributed by atoms with Crippen LogP contribution in [0.15, 0.2) is 0 Å². The lowest BCUT2D eigenvalue weighted by Gasteiger charge is -2.28. The van der Waals surface area contributed by atoms with Crippen molar-refractivity contribution in [2.75, 3.05) is 39.6 Å². The molecule has 0 saturated carbocycles. The molecule has 0 rings (SSSR count). The third-order valence-electron chi connectivity index (χ3n) is 9.29. The Morgan fingerprint density at radius 3 is 0.922 bits per heavy atom. The summed E-state index contributed by atoms with van der Waals surface area (Å²) in [5, 5.41) is 19.8. The largest absolute Gasteiger partial charge is 0.466 e. The van der Waals surface area contributed by atoms with Crippen LogP contribution in [0.1, 0.15) is 194 Å². The summed E-state index contributed by atoms with van der Waals surface area (Å²) in [6, 6.07) is 0. The van der Waals surface area contributed by atoms with Crippen molar-refractivity contribution in [2.24, 2.45) is 5.41 Å². The molecule has 0 fully saturated rings. The second-order valence-corrected chi connectivity index (χ2v) is 14.4. The van der Waals surface area contributed by atoms with Crippen LogP contribution in [0.3, 0.4) is 0 Å². The molecule has 0 aromatic carbocycles. The van der Waals surface area contributed by atoms with Crippen molar-refractivity contribution in [1.29, 1.82) is 0 Å². The highest BCUT2D eigenvalue weighted by Gasteiger charge is 2.33. The van der Waals surface area contributed by atoms with Crippen LogP contribution in [-0.2, 0) is 38.1 Å². The minimum atomic E-state index is -1.27. The predicted octanol–water partition coefficient (Wildman–Crippen LogP) is 9.09. The third-order valence-corrected chi connectivity index (χ3v) is 9.29. The Kier molecular flexibility index (Phi) is 34.6. The molecule has 0 aromatic heterocycles. The summed E-state index contributed by atoms with van der Waals surface area (Å²) in [6.07, 6.45) is 26.2. The molecule has 0 aliphatic rings. The number of ether oxygens (including phenoxy) is 4. The van der Waals surface area contributed by atoms with E-state index in [1.807, 2.05) is 0 Å². The summed E-state index contributed by atoms with van der Waals surface area (Å²) in [5.74, 6) is -1.23. The van der Waals surface area contributed by atoms with Gasteiger partial charge in [0.1, 0.15) is 13.2 Å². The average Bonchev–Trinajstić information content (AvgIpc) is 3.13. The van der Waals surface area contributed by atoms with Gasteiger partial charge in [-0.15, -0.1) is 0 Å². The second-order valence-electron chi connectivity index (χ2n) is 14.4. The lowest BCUT2D eigenvalue weighted by molar-refractivity contribution is -0.159. The van der Waals surface area contributed by atoms with Gasteiger partial charge in [-0.1, -0.05) is 129 Å². The van der Waals surface area contributed by atoms with Crippen molar-refractivity contribution in [2.45, 2.75) is 194 Å². The van der Waals surface area contributed by atoms with Crippen LogP contribution in [0.2, 0.25) is 0 Å². The molecule has 0 bridgehead atoms. The van der Waals surface area contributed by atoms with Crippen LogP contribution < -0.4 is 0 Å². The number of carbonyl (C=O) groups is 4. The zero-order valence-electron chi connectivity index (χ0n) is 32.7. The predicted molar refractivity (Wildman–Crippen MR) is 201 cm³/mol. The monoisotopic (exact) mass is 729 g/mol. The molecule has 300 valence electrons. The smallest absolute Gasteiger partial charge is 0.305 e. The van der Waals surface area contributed by atoms with Gasteiger partial charge in [0.05, 0.1) is 31.8 Å². The van der Waals surface area contributed by atoms with Gasteiger partial charge in [0, 0.05) is 25.7 Å². The van der Waals surface area contributed by atoms with Gasteiger partial charge >= 0.3 is 23.9 Å². The minimum Gasteiger partial charge on any atom is -0.466 e. The highest BCUT2D eigenvalue weighted by Crippen LogP contribution is 2.19. The quantitative estimate of drug-likeness (QED) is 0.0359. The highest BCUT2D eigenvalue weighted by molar-refractivity contribution is 5.70. The zero-order chi connectivity index (χ0) is 37.7. The van der Waals surface area contributed by atoms with Crippen molar-refractivity contribution in [3.8, 4) is 0 Å². The Bertz CT molecular complexity index is 778. The topological polar surface area (TPSA) is 146 Å². The van der Waals surface area contributed by atoms with Crippen LogP contribution in [0.5, 0.6) is 0 Å². The fourth-order valence-electron chi connectivity index (χ4n) is 5.66. The molecule has 0 aliphatic carbocycles. The van der Waals surface area contributed by atoms with Crippen molar-refractivity contribution < 1.29 is 48.3 Å². The van der Waals surface area contributed by atoms with E-state index in [1.54, 1.807) is 0 Å². The Morgan fingerprint density at radius 2 is 0.627 bits per heavy atom. The molecule has 0 amide bonds. The number of rotatable bonds is 38. The molecule has 2 N–H and O–H groups in total. The van der Waals surface area contributed by atoms with Crippen LogP contribution in [0.25, 0.3) is 0 Å². The second kappa shape index (κ2) is 36.2. The highest BCUT2D eigenvalue weighted by atomic mass is 16.6. The van der Waals surface area contributed by atoms with Gasteiger partial charge in [-0.3, -0.25) is 19.2 Å². The van der Waals surface area contributed by atoms with Crippen molar-refractivity contribution in [3.05, 3.63) is 0 Å². The van der Waals surface area contributed by atoms with E-state index in [9.17, 15) is 29.4 Å². The van der Waals surface area contributed by atoms with Gasteiger partial charge in [-0.05, 0) is 38.5 Å². The Labute approximate surface area is 310 Å². The minimum absolute atomic E-state index is 0.166. The maximum absolute atomic E-state index is 12.3. The van der Waals surface area contributed by atoms with Crippen molar-refractivity contribution in [1.82, 2.24) is 0 Å². The number of aliphatic hydroxyl groups excluding tert-OH is 2. The van der Waals surface area contributed by atoms with E-state index in [0.29, 0.717) is 51.7 Å². The maximum Gasteiger partial charge on any atom is 0.305 e. The molecule has 0 aliphatic heterocycles. The number of aliphatic hydroxyl groups is 2. The standard InChI is InChI=1S/C41H76O10/c1-3-5-7-9-11-13-19-25-31-48-37(44)27-21-15-17-23-29-39(46)50-35-41(33-42,34-43)36-51-40(47)30-24-18-16-22-28-38(45)49-32-26-20-14-12-10-8-6-4-2/h42-43H,3-36H2,1-2H3. The summed E-state index contributed by atoms with van der Waals surface area (Å²) in [6.45, 7) is 3.88. The fraction of sp³-hybridized carbons (Fsp3) is 0.902. The van der Waals surface area contributed by atoms with E-state index >= 15 is 0 Å². The Morgan fingerprint density at radius 1 is 0.373 bits per heavy atom. The number of esters is 4. The molecule has 0 saturated heterocycles. The van der Waals surface area contributed by atoms with Gasteiger partial charge in [0.2, 0.25) is 0 Å². The summed E-state index contributed by atoms with van der Waals surface area (Å²) in [7, 11) is 0. The summed E-state index contributed by atoms with van der Waals surface area (Å²) in [4.78, 5) is 48.4. The molecule has 0 unspecified atom stereocenters. The molecule has 0 radical (unpaired) electrons. The molecular weight excluding hydrogens is 652 g/mol. The van der Waals surface area contributed by atoms with Crippen LogP contribution in [0, 0.1) is 5.41 Å². The molecule has 0 atom stereocenters. The molecule has 10 nitrogen and oxygen atoms in total. The lowest BCUT2D eigenvalue weighted by atomic mass is 9.92. The summed E-state index contributed by atoms with van der Waals surface area (Å²) < 4.78 is 21.2. The van der Waals surface area contributed by atoms with Crippen molar-refractivity contribution >= 4 is 23.9 Å². The summed E-state index contributed by atoms with van der Waals surface area (Å²) in [5.41, 5.74) is -1.27. The van der Waals surface area contributed by atoms with E-state index in [1.165, 1.54) is 77.0 Å². The molecule has 0 heterocycles. The van der Waals surface area contributed by atoms with Gasteiger partial charge < -0.3 is 29.2 Å². The van der Waals surface area contributed by atoms with Gasteiger partial charge in [0.25, 0.3) is 0 Å². The molecule has 51 heavy (non-hydrogen) atoms. The molecule has 10 heteroatoms. The lowest BCUT2D eigenvalue weighted by Crippen LogP contribution is -2.41. The fourth-order valence-corrected chi connectivity index (χ4v) is 5.66. The molecular formula is C41H76O10. The van der Waals surface area contributed by atoms with Crippen LogP contribution in [0.4, 0.5) is 0 Å². The molecule has 0 spiro atoms. The SMILES string of the molecule is CCCCCCCCCCOC(=O)CCCCCCC(=O)OCC(CO)(CO)COC(=O)CCCCCCC(=O)OCCCCCCCCCC. The number of hydrogen-bond acceptors (Lipinski definition) is 10. The first-order chi connectivity index (χ1) is 24.8. The van der Waals surface area contributed by atoms with E-state index in [0.717, 1.165) is 51.4 Å². The maximum atomic E-state index is 12.3. The summed E-state index contributed by atoms with van der Waals surface area (Å²) >= 11 is 0. The van der Waals surface area contributed by atoms with Gasteiger partial charge in [0.15, 0.2) is 0 Å². The Balaban J connectivity index is 3.86. The average molecular weight is 729 g/mol. The van der Waals surface area contributed by atoms with Gasteiger partial charge in [-0.25, -0.2) is 0 Å². The van der Waals surface area contributed by atoms with E-state index in [2.05, 4.69) is 13.8 Å². The third kappa shape index (κ3) is 32.2. The first kappa shape index (κ1) is 48.8. The molecule has 0 aromatic rings. The van der Waals surface area contributed by atoms with E-state index < -0.39 is 30.6 Å². The van der Waals surface area contributed by atoms with Gasteiger partial charge in [-0.2, -0.15) is 0 Å². The first-order valence-electron chi connectivity index (χ1n) is 20.7. The Hall–Kier alpha value is -2.20. The zero-order valence-corrected chi connectivity index (χ0v) is 32.7. The first-order valence-corrected chi connectivity index (χ1v) is 20.7. The van der Waals surface area contributed by atoms with Crippen molar-refractivity contribution in [3.63, 3.8) is 0 Å².